The average molecular weight is 357 g/mol. The quantitative estimate of drug-likeness (QED) is 0.451. The molecule has 0 fully saturated rings. The third-order valence-corrected chi connectivity index (χ3v) is 4.85. The minimum atomic E-state index is -0.627. The van der Waals surface area contributed by atoms with E-state index >= 15 is 0 Å². The zero-order valence-corrected chi connectivity index (χ0v) is 14.3. The Labute approximate surface area is 148 Å². The Morgan fingerprint density at radius 1 is 1.00 bits per heavy atom. The van der Waals surface area contributed by atoms with Crippen LogP contribution in [0.1, 0.15) is 48.1 Å². The van der Waals surface area contributed by atoms with Crippen molar-refractivity contribution in [1.82, 2.24) is 4.90 Å². The number of thiophene rings is 1. The summed E-state index contributed by atoms with van der Waals surface area (Å²) in [5.41, 5.74) is 0.596. The highest BCUT2D eigenvalue weighted by molar-refractivity contribution is 7.14. The number of aryl methyl sites for hydroxylation is 1. The molecule has 2 aromatic rings. The minimum absolute atomic E-state index is 0.0287. The number of Topliss-reactive ketones (excluding diaryl/α,β-unsaturated/α-hetero) is 1. The van der Waals surface area contributed by atoms with Crippen LogP contribution < -0.4 is 0 Å². The van der Waals surface area contributed by atoms with Crippen molar-refractivity contribution in [2.24, 2.45) is 0 Å². The molecule has 2 amide bonds. The van der Waals surface area contributed by atoms with Crippen LogP contribution in [0, 0.1) is 6.92 Å². The van der Waals surface area contributed by atoms with E-state index in [1.54, 1.807) is 30.3 Å². The van der Waals surface area contributed by atoms with E-state index < -0.39 is 24.5 Å². The van der Waals surface area contributed by atoms with Gasteiger partial charge in [-0.15, -0.1) is 11.3 Å². The molecular formula is C18H15NO5S. The van der Waals surface area contributed by atoms with Gasteiger partial charge in [0.15, 0.2) is 12.5 Å². The van der Waals surface area contributed by atoms with Crippen molar-refractivity contribution in [3.63, 3.8) is 0 Å². The van der Waals surface area contributed by atoms with Gasteiger partial charge >= 0.3 is 5.97 Å². The molecule has 0 unspecified atom stereocenters. The number of hydrogen-bond donors (Lipinski definition) is 0. The average Bonchev–Trinajstić information content (AvgIpc) is 3.14. The van der Waals surface area contributed by atoms with Gasteiger partial charge in [0, 0.05) is 11.3 Å². The van der Waals surface area contributed by atoms with Crippen LogP contribution in [0.4, 0.5) is 0 Å². The number of benzene rings is 1. The molecule has 2 heterocycles. The molecule has 1 aliphatic heterocycles. The lowest BCUT2D eigenvalue weighted by Crippen LogP contribution is -2.33. The third-order valence-electron chi connectivity index (χ3n) is 3.80. The summed E-state index contributed by atoms with van der Waals surface area (Å²) in [4.78, 5) is 50.5. The standard InChI is InChI=1S/C18H15NO5S/c1-11-6-8-15(25-11)14(20)7-9-16(21)24-10-19-17(22)12-4-2-3-5-13(12)18(19)23/h2-6,8H,7,9-10H2,1H3. The number of amides is 2. The lowest BCUT2D eigenvalue weighted by molar-refractivity contribution is -0.146. The third kappa shape index (κ3) is 3.51. The van der Waals surface area contributed by atoms with E-state index in [9.17, 15) is 19.2 Å². The van der Waals surface area contributed by atoms with Gasteiger partial charge in [-0.3, -0.25) is 19.2 Å². The number of ether oxygens (including phenoxy) is 1. The van der Waals surface area contributed by atoms with E-state index in [-0.39, 0.29) is 18.6 Å². The fraction of sp³-hybridized carbons (Fsp3) is 0.222. The molecule has 0 N–H and O–H groups in total. The number of carbonyl (C=O) groups excluding carboxylic acids is 4. The highest BCUT2D eigenvalue weighted by Crippen LogP contribution is 2.22. The molecular weight excluding hydrogens is 342 g/mol. The summed E-state index contributed by atoms with van der Waals surface area (Å²) in [5, 5.41) is 0. The number of carbonyl (C=O) groups is 4. The topological polar surface area (TPSA) is 80.8 Å². The second-order valence-corrected chi connectivity index (χ2v) is 6.85. The molecule has 0 spiro atoms. The van der Waals surface area contributed by atoms with E-state index in [1.807, 2.05) is 13.0 Å². The number of fused-ring (bicyclic) bond motifs is 1. The predicted molar refractivity (Wildman–Crippen MR) is 90.5 cm³/mol. The Bertz CT molecular complexity index is 835. The van der Waals surface area contributed by atoms with Gasteiger partial charge in [-0.2, -0.15) is 0 Å². The van der Waals surface area contributed by atoms with Gasteiger partial charge in [0.05, 0.1) is 22.4 Å². The second-order valence-electron chi connectivity index (χ2n) is 5.56. The molecule has 0 aliphatic carbocycles. The number of rotatable bonds is 6. The van der Waals surface area contributed by atoms with E-state index in [2.05, 4.69) is 0 Å². The van der Waals surface area contributed by atoms with Crippen molar-refractivity contribution in [1.29, 1.82) is 0 Å². The van der Waals surface area contributed by atoms with Crippen LogP contribution in [0.25, 0.3) is 0 Å². The maximum Gasteiger partial charge on any atom is 0.307 e. The van der Waals surface area contributed by atoms with E-state index in [0.717, 1.165) is 9.78 Å². The number of nitrogens with zero attached hydrogens (tertiary/aromatic N) is 1. The van der Waals surface area contributed by atoms with Gasteiger partial charge in [-0.05, 0) is 31.2 Å². The molecule has 7 heteroatoms. The first kappa shape index (κ1) is 17.0. The van der Waals surface area contributed by atoms with Gasteiger partial charge in [-0.1, -0.05) is 12.1 Å². The van der Waals surface area contributed by atoms with Crippen LogP contribution in [0.3, 0.4) is 0 Å². The number of imide groups is 1. The largest absolute Gasteiger partial charge is 0.444 e. The van der Waals surface area contributed by atoms with E-state index in [0.29, 0.717) is 16.0 Å². The van der Waals surface area contributed by atoms with E-state index in [1.165, 1.54) is 11.3 Å². The fourth-order valence-electron chi connectivity index (χ4n) is 2.49. The fourth-order valence-corrected chi connectivity index (χ4v) is 3.32. The first-order valence-electron chi connectivity index (χ1n) is 7.68. The summed E-state index contributed by atoms with van der Waals surface area (Å²) in [5.74, 6) is -1.73. The zero-order valence-electron chi connectivity index (χ0n) is 13.5. The van der Waals surface area contributed by atoms with Crippen LogP contribution in [0.15, 0.2) is 36.4 Å². The van der Waals surface area contributed by atoms with Crippen LogP contribution in [0.2, 0.25) is 0 Å². The maximum atomic E-state index is 12.1. The van der Waals surface area contributed by atoms with Gasteiger partial charge in [0.25, 0.3) is 11.8 Å². The predicted octanol–water partition coefficient (Wildman–Crippen LogP) is 2.82. The zero-order chi connectivity index (χ0) is 18.0. The molecule has 3 rings (SSSR count). The molecule has 6 nitrogen and oxygen atoms in total. The Morgan fingerprint density at radius 3 is 2.20 bits per heavy atom. The van der Waals surface area contributed by atoms with Crippen molar-refractivity contribution in [3.05, 3.63) is 57.3 Å². The smallest absolute Gasteiger partial charge is 0.307 e. The molecule has 1 aromatic carbocycles. The number of hydrogen-bond acceptors (Lipinski definition) is 6. The summed E-state index contributed by atoms with van der Waals surface area (Å²) in [6, 6.07) is 10.0. The number of ketones is 1. The first-order chi connectivity index (χ1) is 12.0. The van der Waals surface area contributed by atoms with Crippen molar-refractivity contribution in [2.75, 3.05) is 6.73 Å². The first-order valence-corrected chi connectivity index (χ1v) is 8.49. The second kappa shape index (κ2) is 6.98. The summed E-state index contributed by atoms with van der Waals surface area (Å²) in [6.45, 7) is 1.45. The molecule has 128 valence electrons. The molecule has 0 atom stereocenters. The van der Waals surface area contributed by atoms with Gasteiger partial charge in [-0.25, -0.2) is 4.90 Å². The summed E-state index contributed by atoms with van der Waals surface area (Å²) in [7, 11) is 0. The van der Waals surface area contributed by atoms with E-state index in [4.69, 9.17) is 4.74 Å². The molecule has 0 saturated carbocycles. The Hall–Kier alpha value is -2.80. The lowest BCUT2D eigenvalue weighted by atomic mass is 10.1. The summed E-state index contributed by atoms with van der Waals surface area (Å²) < 4.78 is 4.99. The Kier molecular flexibility index (Phi) is 4.76. The maximum absolute atomic E-state index is 12.1. The molecule has 0 bridgehead atoms. The van der Waals surface area contributed by atoms with Crippen molar-refractivity contribution >= 4 is 34.9 Å². The van der Waals surface area contributed by atoms with Crippen LogP contribution >= 0.6 is 11.3 Å². The highest BCUT2D eigenvalue weighted by Gasteiger charge is 2.35. The van der Waals surface area contributed by atoms with Crippen molar-refractivity contribution in [2.45, 2.75) is 19.8 Å². The summed E-state index contributed by atoms with van der Waals surface area (Å²) >= 11 is 1.38. The Morgan fingerprint density at radius 2 is 1.64 bits per heavy atom. The SMILES string of the molecule is Cc1ccc(C(=O)CCC(=O)OCN2C(=O)c3ccccc3C2=O)s1. The highest BCUT2D eigenvalue weighted by atomic mass is 32.1. The van der Waals surface area contributed by atoms with Crippen LogP contribution in [0.5, 0.6) is 0 Å². The van der Waals surface area contributed by atoms with Gasteiger partial charge in [0.1, 0.15) is 0 Å². The Balaban J connectivity index is 1.51. The molecule has 0 radical (unpaired) electrons. The van der Waals surface area contributed by atoms with Crippen LogP contribution in [-0.2, 0) is 9.53 Å². The monoisotopic (exact) mass is 357 g/mol. The molecule has 1 aliphatic rings. The normalized spacial score (nSPS) is 13.1. The van der Waals surface area contributed by atoms with Crippen molar-refractivity contribution in [3.8, 4) is 0 Å². The van der Waals surface area contributed by atoms with Gasteiger partial charge in [0.2, 0.25) is 0 Å². The lowest BCUT2D eigenvalue weighted by Gasteiger charge is -2.13. The van der Waals surface area contributed by atoms with Crippen LogP contribution in [-0.4, -0.2) is 35.2 Å². The molecule has 25 heavy (non-hydrogen) atoms. The number of esters is 1. The van der Waals surface area contributed by atoms with Crippen molar-refractivity contribution < 1.29 is 23.9 Å². The molecule has 0 saturated heterocycles. The summed E-state index contributed by atoms with van der Waals surface area (Å²) in [6.07, 6.45) is -0.0696. The minimum Gasteiger partial charge on any atom is -0.444 e. The molecule has 1 aromatic heterocycles. The van der Waals surface area contributed by atoms with Gasteiger partial charge < -0.3 is 4.74 Å².